The molecule has 0 saturated heterocycles. The summed E-state index contributed by atoms with van der Waals surface area (Å²) in [5.41, 5.74) is 1.01. The smallest absolute Gasteiger partial charge is 0.123 e. The monoisotopic (exact) mass is 249 g/mol. The normalized spacial score (nSPS) is 12.6. The Morgan fingerprint density at radius 1 is 1.29 bits per heavy atom. The third kappa shape index (κ3) is 3.38. The van der Waals surface area contributed by atoms with Crippen LogP contribution in [0.25, 0.3) is 0 Å². The molecular weight excluding hydrogens is 233 g/mol. The van der Waals surface area contributed by atoms with Crippen LogP contribution < -0.4 is 5.32 Å². The maximum Gasteiger partial charge on any atom is 0.123 e. The minimum absolute atomic E-state index is 0.170. The zero-order chi connectivity index (χ0) is 12.1. The summed E-state index contributed by atoms with van der Waals surface area (Å²) in [7, 11) is 0. The van der Waals surface area contributed by atoms with Crippen LogP contribution >= 0.6 is 11.3 Å². The molecular formula is C14H16FNS. The summed E-state index contributed by atoms with van der Waals surface area (Å²) in [5.74, 6) is -0.170. The second-order valence-corrected chi connectivity index (χ2v) is 4.98. The van der Waals surface area contributed by atoms with E-state index in [1.165, 1.54) is 10.9 Å². The van der Waals surface area contributed by atoms with Gasteiger partial charge in [-0.1, -0.05) is 25.1 Å². The number of hydrogen-bond donors (Lipinski definition) is 1. The predicted molar refractivity (Wildman–Crippen MR) is 70.8 cm³/mol. The van der Waals surface area contributed by atoms with Crippen molar-refractivity contribution < 1.29 is 4.39 Å². The number of nitrogens with one attached hydrogen (secondary N) is 1. The standard InChI is InChI=1S/C14H16FNS/c1-2-16-14(10-13-7-4-8-17-13)11-5-3-6-12(15)9-11/h3-9,14,16H,2,10H2,1H3. The summed E-state index contributed by atoms with van der Waals surface area (Å²) in [6, 6.07) is 11.2. The molecule has 0 bridgehead atoms. The van der Waals surface area contributed by atoms with Gasteiger partial charge in [0.15, 0.2) is 0 Å². The van der Waals surface area contributed by atoms with E-state index in [1.54, 1.807) is 23.5 Å². The molecule has 0 aliphatic rings. The highest BCUT2D eigenvalue weighted by Gasteiger charge is 2.12. The maximum atomic E-state index is 13.2. The summed E-state index contributed by atoms with van der Waals surface area (Å²) in [6.07, 6.45) is 0.912. The van der Waals surface area contributed by atoms with Crippen molar-refractivity contribution in [2.45, 2.75) is 19.4 Å². The van der Waals surface area contributed by atoms with Crippen molar-refractivity contribution in [3.8, 4) is 0 Å². The van der Waals surface area contributed by atoms with Crippen molar-refractivity contribution in [2.24, 2.45) is 0 Å². The highest BCUT2D eigenvalue weighted by molar-refractivity contribution is 7.09. The van der Waals surface area contributed by atoms with Crippen molar-refractivity contribution in [3.05, 3.63) is 58.0 Å². The molecule has 1 aromatic heterocycles. The van der Waals surface area contributed by atoms with E-state index in [0.29, 0.717) is 0 Å². The van der Waals surface area contributed by atoms with Crippen LogP contribution in [0.1, 0.15) is 23.4 Å². The average molecular weight is 249 g/mol. The molecule has 0 amide bonds. The lowest BCUT2D eigenvalue weighted by Gasteiger charge is -2.17. The van der Waals surface area contributed by atoms with Gasteiger partial charge in [0.25, 0.3) is 0 Å². The molecule has 0 fully saturated rings. The lowest BCUT2D eigenvalue weighted by atomic mass is 10.0. The summed E-state index contributed by atoms with van der Waals surface area (Å²) in [6.45, 7) is 2.95. The Bertz CT molecular complexity index is 453. The molecule has 0 saturated carbocycles. The van der Waals surface area contributed by atoms with E-state index in [2.05, 4.69) is 29.8 Å². The number of halogens is 1. The van der Waals surface area contributed by atoms with Crippen molar-refractivity contribution in [1.82, 2.24) is 5.32 Å². The second kappa shape index (κ2) is 5.94. The number of rotatable bonds is 5. The Kier molecular flexibility index (Phi) is 4.29. The zero-order valence-electron chi connectivity index (χ0n) is 9.82. The lowest BCUT2D eigenvalue weighted by Crippen LogP contribution is -2.22. The third-order valence-corrected chi connectivity index (χ3v) is 3.59. The van der Waals surface area contributed by atoms with Crippen LogP contribution in [0.4, 0.5) is 4.39 Å². The molecule has 1 atom stereocenters. The van der Waals surface area contributed by atoms with Gasteiger partial charge in [-0.05, 0) is 35.7 Å². The zero-order valence-corrected chi connectivity index (χ0v) is 10.6. The highest BCUT2D eigenvalue weighted by atomic mass is 32.1. The van der Waals surface area contributed by atoms with Crippen molar-refractivity contribution in [3.63, 3.8) is 0 Å². The molecule has 0 aliphatic carbocycles. The average Bonchev–Trinajstić information content (AvgIpc) is 2.81. The fourth-order valence-corrected chi connectivity index (χ4v) is 2.66. The largest absolute Gasteiger partial charge is 0.310 e. The van der Waals surface area contributed by atoms with E-state index in [0.717, 1.165) is 18.5 Å². The fraction of sp³-hybridized carbons (Fsp3) is 0.286. The molecule has 0 aliphatic heterocycles. The van der Waals surface area contributed by atoms with E-state index in [-0.39, 0.29) is 11.9 Å². The molecule has 1 aromatic carbocycles. The van der Waals surface area contributed by atoms with Gasteiger partial charge >= 0.3 is 0 Å². The van der Waals surface area contributed by atoms with Crippen molar-refractivity contribution in [2.75, 3.05) is 6.54 Å². The molecule has 2 aromatic rings. The first-order chi connectivity index (χ1) is 8.29. The topological polar surface area (TPSA) is 12.0 Å². The molecule has 1 nitrogen and oxygen atoms in total. The van der Waals surface area contributed by atoms with Gasteiger partial charge in [-0.15, -0.1) is 11.3 Å². The van der Waals surface area contributed by atoms with Gasteiger partial charge in [0, 0.05) is 17.3 Å². The van der Waals surface area contributed by atoms with Gasteiger partial charge in [-0.25, -0.2) is 4.39 Å². The van der Waals surface area contributed by atoms with Crippen molar-refractivity contribution in [1.29, 1.82) is 0 Å². The molecule has 1 heterocycles. The Morgan fingerprint density at radius 3 is 2.82 bits per heavy atom. The van der Waals surface area contributed by atoms with Crippen LogP contribution in [-0.2, 0) is 6.42 Å². The van der Waals surface area contributed by atoms with Crippen LogP contribution in [0.2, 0.25) is 0 Å². The van der Waals surface area contributed by atoms with Gasteiger partial charge in [0.1, 0.15) is 5.82 Å². The van der Waals surface area contributed by atoms with E-state index in [1.807, 2.05) is 6.07 Å². The van der Waals surface area contributed by atoms with Crippen LogP contribution in [0.5, 0.6) is 0 Å². The molecule has 1 unspecified atom stereocenters. The molecule has 2 rings (SSSR count). The van der Waals surface area contributed by atoms with Gasteiger partial charge in [0.05, 0.1) is 0 Å². The van der Waals surface area contributed by atoms with Crippen LogP contribution in [0.3, 0.4) is 0 Å². The lowest BCUT2D eigenvalue weighted by molar-refractivity contribution is 0.546. The molecule has 0 spiro atoms. The molecule has 17 heavy (non-hydrogen) atoms. The fourth-order valence-electron chi connectivity index (χ4n) is 1.91. The predicted octanol–water partition coefficient (Wildman–Crippen LogP) is 3.78. The van der Waals surface area contributed by atoms with Gasteiger partial charge in [-0.2, -0.15) is 0 Å². The van der Waals surface area contributed by atoms with E-state index in [9.17, 15) is 4.39 Å². The minimum atomic E-state index is -0.170. The summed E-state index contributed by atoms with van der Waals surface area (Å²) in [4.78, 5) is 1.32. The highest BCUT2D eigenvalue weighted by Crippen LogP contribution is 2.21. The Hall–Kier alpha value is -1.19. The SMILES string of the molecule is CCNC(Cc1cccs1)c1cccc(F)c1. The van der Waals surface area contributed by atoms with Gasteiger partial charge < -0.3 is 5.32 Å². The molecule has 3 heteroatoms. The summed E-state index contributed by atoms with van der Waals surface area (Å²) < 4.78 is 13.2. The first-order valence-electron chi connectivity index (χ1n) is 5.81. The summed E-state index contributed by atoms with van der Waals surface area (Å²) in [5, 5.41) is 5.48. The van der Waals surface area contributed by atoms with E-state index in [4.69, 9.17) is 0 Å². The number of benzene rings is 1. The Morgan fingerprint density at radius 2 is 2.18 bits per heavy atom. The Balaban J connectivity index is 2.16. The van der Waals surface area contributed by atoms with Crippen molar-refractivity contribution >= 4 is 11.3 Å². The quantitative estimate of drug-likeness (QED) is 0.850. The molecule has 0 radical (unpaired) electrons. The Labute approximate surface area is 105 Å². The number of likely N-dealkylation sites (N-methyl/N-ethyl adjacent to an activating group) is 1. The summed E-state index contributed by atoms with van der Waals surface area (Å²) >= 11 is 1.74. The minimum Gasteiger partial charge on any atom is -0.310 e. The van der Waals surface area contributed by atoms with Crippen LogP contribution in [0, 0.1) is 5.82 Å². The molecule has 90 valence electrons. The molecule has 1 N–H and O–H groups in total. The first kappa shape index (κ1) is 12.3. The number of thiophene rings is 1. The van der Waals surface area contributed by atoms with Crippen LogP contribution in [0.15, 0.2) is 41.8 Å². The van der Waals surface area contributed by atoms with Gasteiger partial charge in [-0.3, -0.25) is 0 Å². The third-order valence-electron chi connectivity index (χ3n) is 2.69. The van der Waals surface area contributed by atoms with E-state index < -0.39 is 0 Å². The first-order valence-corrected chi connectivity index (χ1v) is 6.68. The van der Waals surface area contributed by atoms with Crippen LogP contribution in [-0.4, -0.2) is 6.54 Å². The second-order valence-electron chi connectivity index (χ2n) is 3.95. The van der Waals surface area contributed by atoms with E-state index >= 15 is 0 Å². The maximum absolute atomic E-state index is 13.2. The van der Waals surface area contributed by atoms with Gasteiger partial charge in [0.2, 0.25) is 0 Å². The number of hydrogen-bond acceptors (Lipinski definition) is 2.